The van der Waals surface area contributed by atoms with Crippen LogP contribution < -0.4 is 5.32 Å². The fourth-order valence-electron chi connectivity index (χ4n) is 2.78. The first kappa shape index (κ1) is 15.3. The summed E-state index contributed by atoms with van der Waals surface area (Å²) in [4.78, 5) is 17.2. The molecule has 0 radical (unpaired) electrons. The fraction of sp³-hybridized carbons (Fsp3) is 0.353. The molecule has 0 spiro atoms. The first-order valence-electron chi connectivity index (χ1n) is 7.55. The van der Waals surface area contributed by atoms with Crippen LogP contribution in [0.3, 0.4) is 0 Å². The average molecular weight is 312 g/mol. The van der Waals surface area contributed by atoms with Crippen LogP contribution >= 0.6 is 0 Å². The molecule has 0 saturated carbocycles. The molecule has 6 heteroatoms. The predicted octanol–water partition coefficient (Wildman–Crippen LogP) is 2.98. The van der Waals surface area contributed by atoms with Crippen LogP contribution in [0.5, 0.6) is 0 Å². The number of hydrogen-bond donors (Lipinski definition) is 1. The van der Waals surface area contributed by atoms with Gasteiger partial charge in [-0.25, -0.2) is 4.98 Å². The highest BCUT2D eigenvalue weighted by Gasteiger charge is 2.20. The van der Waals surface area contributed by atoms with E-state index in [4.69, 9.17) is 4.42 Å². The molecule has 1 N–H and O–H groups in total. The van der Waals surface area contributed by atoms with Crippen molar-refractivity contribution in [2.45, 2.75) is 33.7 Å². The Morgan fingerprint density at radius 1 is 1.30 bits per heavy atom. The van der Waals surface area contributed by atoms with E-state index in [1.165, 1.54) is 0 Å². The number of fused-ring (bicyclic) bond motifs is 1. The van der Waals surface area contributed by atoms with Crippen LogP contribution in [0.4, 0.5) is 0 Å². The molecule has 3 rings (SSSR count). The van der Waals surface area contributed by atoms with Crippen molar-refractivity contribution in [2.24, 2.45) is 7.05 Å². The standard InChI is InChI=1S/C17H20N4O2/c1-9-8-13(15-12(4)20-21(5)16(15)18-9)17(22)19-11(3)14-7-6-10(2)23-14/h6-8,11H,1-5H3,(H,19,22). The Bertz CT molecular complexity index is 892. The number of rotatable bonds is 3. The lowest BCUT2D eigenvalue weighted by Gasteiger charge is -2.12. The molecule has 23 heavy (non-hydrogen) atoms. The Balaban J connectivity index is 1.98. The zero-order valence-corrected chi connectivity index (χ0v) is 14.0. The third-order valence-corrected chi connectivity index (χ3v) is 3.88. The molecule has 0 aliphatic carbocycles. The molecule has 0 fully saturated rings. The molecule has 1 amide bonds. The van der Waals surface area contributed by atoms with Crippen LogP contribution in [0, 0.1) is 20.8 Å². The van der Waals surface area contributed by atoms with Gasteiger partial charge in [-0.15, -0.1) is 0 Å². The first-order chi connectivity index (χ1) is 10.9. The van der Waals surface area contributed by atoms with E-state index in [9.17, 15) is 4.79 Å². The van der Waals surface area contributed by atoms with Gasteiger partial charge in [-0.2, -0.15) is 5.10 Å². The number of aromatic nitrogens is 3. The molecule has 0 saturated heterocycles. The molecule has 0 bridgehead atoms. The molecule has 0 aliphatic heterocycles. The van der Waals surface area contributed by atoms with Crippen molar-refractivity contribution in [3.05, 3.63) is 46.7 Å². The molecule has 0 aromatic carbocycles. The maximum Gasteiger partial charge on any atom is 0.252 e. The molecule has 1 unspecified atom stereocenters. The summed E-state index contributed by atoms with van der Waals surface area (Å²) < 4.78 is 7.28. The Hall–Kier alpha value is -2.63. The second kappa shape index (κ2) is 5.53. The van der Waals surface area contributed by atoms with Gasteiger partial charge >= 0.3 is 0 Å². The topological polar surface area (TPSA) is 73.0 Å². The monoisotopic (exact) mass is 312 g/mol. The van der Waals surface area contributed by atoms with E-state index < -0.39 is 0 Å². The van der Waals surface area contributed by atoms with E-state index in [1.54, 1.807) is 10.7 Å². The first-order valence-corrected chi connectivity index (χ1v) is 7.55. The molecule has 0 aliphatic rings. The minimum atomic E-state index is -0.211. The maximum atomic E-state index is 12.7. The largest absolute Gasteiger partial charge is 0.464 e. The zero-order chi connectivity index (χ0) is 16.7. The lowest BCUT2D eigenvalue weighted by molar-refractivity contribution is 0.0936. The number of carbonyl (C=O) groups is 1. The van der Waals surface area contributed by atoms with Crippen LogP contribution in [0.25, 0.3) is 11.0 Å². The Morgan fingerprint density at radius 2 is 2.04 bits per heavy atom. The summed E-state index contributed by atoms with van der Waals surface area (Å²) in [7, 11) is 1.83. The molecule has 1 atom stereocenters. The molecule has 6 nitrogen and oxygen atoms in total. The van der Waals surface area contributed by atoms with Crippen LogP contribution in [0.2, 0.25) is 0 Å². The summed E-state index contributed by atoms with van der Waals surface area (Å²) >= 11 is 0. The van der Waals surface area contributed by atoms with E-state index >= 15 is 0 Å². The lowest BCUT2D eigenvalue weighted by atomic mass is 10.1. The second-order valence-corrected chi connectivity index (χ2v) is 5.86. The molecule has 3 aromatic heterocycles. The SMILES string of the molecule is Cc1cc(C(=O)NC(C)c2ccc(C)o2)c2c(C)nn(C)c2n1. The van der Waals surface area contributed by atoms with Crippen LogP contribution in [-0.2, 0) is 7.05 Å². The van der Waals surface area contributed by atoms with Gasteiger partial charge in [0.05, 0.1) is 22.7 Å². The summed E-state index contributed by atoms with van der Waals surface area (Å²) in [5.74, 6) is 1.41. The Labute approximate surface area is 134 Å². The van der Waals surface area contributed by atoms with Gasteiger partial charge in [0, 0.05) is 12.7 Å². The van der Waals surface area contributed by atoms with Crippen molar-refractivity contribution in [3.8, 4) is 0 Å². The summed E-state index contributed by atoms with van der Waals surface area (Å²) in [6.07, 6.45) is 0. The summed E-state index contributed by atoms with van der Waals surface area (Å²) in [5, 5.41) is 8.14. The van der Waals surface area contributed by atoms with Crippen molar-refractivity contribution in [1.29, 1.82) is 0 Å². The predicted molar refractivity (Wildman–Crippen MR) is 87.3 cm³/mol. The minimum absolute atomic E-state index is 0.154. The van der Waals surface area contributed by atoms with E-state index in [2.05, 4.69) is 15.4 Å². The normalized spacial score (nSPS) is 12.6. The number of carbonyl (C=O) groups excluding carboxylic acids is 1. The van der Waals surface area contributed by atoms with Gasteiger partial charge in [0.25, 0.3) is 5.91 Å². The van der Waals surface area contributed by atoms with Crippen molar-refractivity contribution in [2.75, 3.05) is 0 Å². The molecule has 3 heterocycles. The van der Waals surface area contributed by atoms with Crippen molar-refractivity contribution in [1.82, 2.24) is 20.1 Å². The minimum Gasteiger partial charge on any atom is -0.464 e. The smallest absolute Gasteiger partial charge is 0.252 e. The molecule has 3 aromatic rings. The number of aryl methyl sites for hydroxylation is 4. The summed E-state index contributed by atoms with van der Waals surface area (Å²) in [6, 6.07) is 5.35. The molecular formula is C17H20N4O2. The zero-order valence-electron chi connectivity index (χ0n) is 14.0. The third-order valence-electron chi connectivity index (χ3n) is 3.88. The van der Waals surface area contributed by atoms with Crippen molar-refractivity contribution < 1.29 is 9.21 Å². The van der Waals surface area contributed by atoms with Gasteiger partial charge in [0.2, 0.25) is 0 Å². The number of nitrogens with one attached hydrogen (secondary N) is 1. The van der Waals surface area contributed by atoms with E-state index in [0.29, 0.717) is 11.2 Å². The van der Waals surface area contributed by atoms with Gasteiger partial charge in [-0.05, 0) is 45.9 Å². The summed E-state index contributed by atoms with van der Waals surface area (Å²) in [5.41, 5.74) is 2.89. The van der Waals surface area contributed by atoms with Gasteiger partial charge in [0.1, 0.15) is 11.5 Å². The van der Waals surface area contributed by atoms with Crippen molar-refractivity contribution >= 4 is 16.9 Å². The van der Waals surface area contributed by atoms with E-state index in [1.807, 2.05) is 46.9 Å². The van der Waals surface area contributed by atoms with E-state index in [-0.39, 0.29) is 11.9 Å². The second-order valence-electron chi connectivity index (χ2n) is 5.86. The fourth-order valence-corrected chi connectivity index (χ4v) is 2.78. The highest BCUT2D eigenvalue weighted by atomic mass is 16.3. The van der Waals surface area contributed by atoms with Gasteiger partial charge in [-0.3, -0.25) is 9.48 Å². The van der Waals surface area contributed by atoms with Crippen LogP contribution in [0.1, 0.15) is 46.2 Å². The van der Waals surface area contributed by atoms with Crippen LogP contribution in [0.15, 0.2) is 22.6 Å². The van der Waals surface area contributed by atoms with Gasteiger partial charge < -0.3 is 9.73 Å². The maximum absolute atomic E-state index is 12.7. The highest BCUT2D eigenvalue weighted by Crippen LogP contribution is 2.23. The Morgan fingerprint density at radius 3 is 2.70 bits per heavy atom. The number of hydrogen-bond acceptors (Lipinski definition) is 4. The van der Waals surface area contributed by atoms with Gasteiger partial charge in [0.15, 0.2) is 5.65 Å². The number of nitrogens with zero attached hydrogens (tertiary/aromatic N) is 3. The number of furan rings is 1. The number of amides is 1. The quantitative estimate of drug-likeness (QED) is 0.807. The molecule has 120 valence electrons. The van der Waals surface area contributed by atoms with Crippen LogP contribution in [-0.4, -0.2) is 20.7 Å². The third kappa shape index (κ3) is 2.72. The van der Waals surface area contributed by atoms with Gasteiger partial charge in [-0.1, -0.05) is 0 Å². The Kier molecular flexibility index (Phi) is 3.67. The van der Waals surface area contributed by atoms with Crippen molar-refractivity contribution in [3.63, 3.8) is 0 Å². The lowest BCUT2D eigenvalue weighted by Crippen LogP contribution is -2.26. The highest BCUT2D eigenvalue weighted by molar-refractivity contribution is 6.06. The average Bonchev–Trinajstić information content (AvgIpc) is 3.03. The van der Waals surface area contributed by atoms with E-state index in [0.717, 1.165) is 28.3 Å². The molecular weight excluding hydrogens is 292 g/mol. The number of pyridine rings is 1. The summed E-state index contributed by atoms with van der Waals surface area (Å²) in [6.45, 7) is 7.54.